The van der Waals surface area contributed by atoms with Crippen molar-refractivity contribution in [3.05, 3.63) is 68.8 Å². The number of fused-ring (bicyclic) bond motifs is 8. The average molecular weight is 595 g/mol. The van der Waals surface area contributed by atoms with Gasteiger partial charge in [-0.25, -0.2) is 9.78 Å². The summed E-state index contributed by atoms with van der Waals surface area (Å²) in [6.07, 6.45) is 10.5. The van der Waals surface area contributed by atoms with Gasteiger partial charge in [-0.2, -0.15) is 0 Å². The number of carbonyl (C=O) groups is 1. The van der Waals surface area contributed by atoms with Gasteiger partial charge < -0.3 is 15.1 Å². The van der Waals surface area contributed by atoms with Crippen LogP contribution in [0, 0.1) is 20.8 Å². The maximum atomic E-state index is 12.6. The van der Waals surface area contributed by atoms with Gasteiger partial charge in [0.1, 0.15) is 0 Å². The topological polar surface area (TPSA) is 94.7 Å². The van der Waals surface area contributed by atoms with Gasteiger partial charge in [0.05, 0.1) is 17.0 Å². The molecule has 2 atom stereocenters. The van der Waals surface area contributed by atoms with E-state index in [9.17, 15) is 9.90 Å². The molecule has 3 N–H and O–H groups in total. The Morgan fingerprint density at radius 1 is 0.795 bits per heavy atom. The second-order valence-corrected chi connectivity index (χ2v) is 12.9. The summed E-state index contributed by atoms with van der Waals surface area (Å²) >= 11 is 0. The van der Waals surface area contributed by atoms with Crippen molar-refractivity contribution in [2.75, 3.05) is 0 Å². The van der Waals surface area contributed by atoms with Crippen LogP contribution in [-0.4, -0.2) is 31.0 Å². The highest BCUT2D eigenvalue weighted by molar-refractivity contribution is 6.24. The van der Waals surface area contributed by atoms with Crippen molar-refractivity contribution in [2.24, 2.45) is 0 Å². The third-order valence-electron chi connectivity index (χ3n) is 10.2. The van der Waals surface area contributed by atoms with Gasteiger partial charge in [-0.05, 0) is 105 Å². The predicted octanol–water partition coefficient (Wildman–Crippen LogP) is 10.0. The van der Waals surface area contributed by atoms with Gasteiger partial charge in [0.2, 0.25) is 0 Å². The molecule has 0 radical (unpaired) electrons. The summed E-state index contributed by atoms with van der Waals surface area (Å²) in [5, 5.41) is 10.3. The molecule has 5 rings (SSSR count). The summed E-state index contributed by atoms with van der Waals surface area (Å²) in [5.41, 5.74) is 14.5. The number of nitrogens with zero attached hydrogens (tertiary/aromatic N) is 2. The van der Waals surface area contributed by atoms with E-state index in [-0.39, 0.29) is 17.4 Å². The average Bonchev–Trinajstić information content (AvgIpc) is 3.68. The molecule has 0 saturated heterocycles. The maximum absolute atomic E-state index is 12.6. The molecule has 0 saturated carbocycles. The van der Waals surface area contributed by atoms with Crippen molar-refractivity contribution in [1.82, 2.24) is 19.9 Å². The van der Waals surface area contributed by atoms with Crippen LogP contribution in [0.15, 0.2) is 18.2 Å². The first kappa shape index (κ1) is 31.7. The molecule has 3 aromatic heterocycles. The Balaban J connectivity index is 1.84. The fourth-order valence-corrected chi connectivity index (χ4v) is 7.38. The SMILES string of the molecule is CCCCCCCCc1c(C)c2cc3nc(c(C)c4nc(cc5[nH]c(cc1[nH]2)c(C)c5CC)C(C)=C4C(=O)O)[C@@H](CC)[C@@H]3C. The molecule has 2 aliphatic heterocycles. The third kappa shape index (κ3) is 5.76. The zero-order valence-electron chi connectivity index (χ0n) is 28.0. The van der Waals surface area contributed by atoms with Crippen LogP contribution in [0.2, 0.25) is 0 Å². The summed E-state index contributed by atoms with van der Waals surface area (Å²) in [5.74, 6) is -0.531. The van der Waals surface area contributed by atoms with E-state index in [4.69, 9.17) is 9.97 Å². The monoisotopic (exact) mass is 594 g/mol. The Kier molecular flexibility index (Phi) is 9.48. The van der Waals surface area contributed by atoms with Crippen molar-refractivity contribution in [3.63, 3.8) is 0 Å². The van der Waals surface area contributed by atoms with Crippen molar-refractivity contribution in [2.45, 2.75) is 125 Å². The smallest absolute Gasteiger partial charge is 0.338 e. The lowest BCUT2D eigenvalue weighted by Gasteiger charge is -2.15. The van der Waals surface area contributed by atoms with E-state index in [0.29, 0.717) is 17.0 Å². The van der Waals surface area contributed by atoms with Gasteiger partial charge in [0.15, 0.2) is 0 Å². The van der Waals surface area contributed by atoms with E-state index < -0.39 is 5.97 Å². The maximum Gasteiger partial charge on any atom is 0.338 e. The van der Waals surface area contributed by atoms with Crippen LogP contribution in [0.4, 0.5) is 0 Å². The van der Waals surface area contributed by atoms with Gasteiger partial charge in [-0.15, -0.1) is 0 Å². The number of allylic oxidation sites excluding steroid dienone is 1. The second-order valence-electron chi connectivity index (χ2n) is 12.9. The molecule has 3 aromatic rings. The molecule has 2 aliphatic rings. The molecule has 0 spiro atoms. The van der Waals surface area contributed by atoms with E-state index >= 15 is 0 Å². The zero-order valence-corrected chi connectivity index (χ0v) is 28.0. The van der Waals surface area contributed by atoms with Crippen LogP contribution in [0.3, 0.4) is 0 Å². The van der Waals surface area contributed by atoms with E-state index in [1.165, 1.54) is 60.8 Å². The first-order chi connectivity index (χ1) is 21.1. The van der Waals surface area contributed by atoms with Crippen LogP contribution in [0.1, 0.15) is 142 Å². The molecule has 234 valence electrons. The molecular formula is C38H50N4O2. The van der Waals surface area contributed by atoms with Gasteiger partial charge in [-0.3, -0.25) is 4.98 Å². The number of H-pyrrole nitrogens is 2. The van der Waals surface area contributed by atoms with E-state index in [1.807, 2.05) is 19.9 Å². The second kappa shape index (κ2) is 13.1. The fourth-order valence-electron chi connectivity index (χ4n) is 7.38. The number of unbranched alkanes of at least 4 members (excludes halogenated alkanes) is 5. The Labute approximate surface area is 262 Å². The van der Waals surface area contributed by atoms with Gasteiger partial charge >= 0.3 is 5.97 Å². The molecule has 0 fully saturated rings. The minimum Gasteiger partial charge on any atom is -0.478 e. The Morgan fingerprint density at radius 2 is 1.43 bits per heavy atom. The summed E-state index contributed by atoms with van der Waals surface area (Å²) in [6.45, 7) is 17.2. The minimum atomic E-state index is -0.947. The number of carboxylic acid groups (broad SMARTS) is 1. The molecule has 0 unspecified atom stereocenters. The van der Waals surface area contributed by atoms with Crippen molar-refractivity contribution in [1.29, 1.82) is 0 Å². The largest absolute Gasteiger partial charge is 0.478 e. The number of hydrogen-bond acceptors (Lipinski definition) is 3. The normalized spacial score (nSPS) is 16.6. The van der Waals surface area contributed by atoms with E-state index in [1.54, 1.807) is 0 Å². The quantitative estimate of drug-likeness (QED) is 0.204. The number of hydrogen-bond donors (Lipinski definition) is 3. The molecule has 6 nitrogen and oxygen atoms in total. The highest BCUT2D eigenvalue weighted by atomic mass is 16.4. The number of aliphatic carboxylic acids is 1. The Hall–Kier alpha value is -3.67. The summed E-state index contributed by atoms with van der Waals surface area (Å²) in [4.78, 5) is 30.3. The molecule has 8 bridgehead atoms. The van der Waals surface area contributed by atoms with Gasteiger partial charge in [-0.1, -0.05) is 59.8 Å². The Bertz CT molecular complexity index is 1770. The van der Waals surface area contributed by atoms with Gasteiger partial charge in [0.25, 0.3) is 0 Å². The van der Waals surface area contributed by atoms with Crippen LogP contribution >= 0.6 is 0 Å². The van der Waals surface area contributed by atoms with Crippen LogP contribution < -0.4 is 0 Å². The molecule has 6 heteroatoms. The number of nitrogens with one attached hydrogen (secondary N) is 2. The molecule has 5 heterocycles. The van der Waals surface area contributed by atoms with E-state index in [0.717, 1.165) is 58.3 Å². The van der Waals surface area contributed by atoms with Gasteiger partial charge in [0, 0.05) is 45.3 Å². The number of carboxylic acids is 1. The van der Waals surface area contributed by atoms with Crippen molar-refractivity contribution < 1.29 is 9.90 Å². The molecule has 0 amide bonds. The number of aromatic nitrogens is 4. The Morgan fingerprint density at radius 3 is 2.09 bits per heavy atom. The first-order valence-corrected chi connectivity index (χ1v) is 16.8. The van der Waals surface area contributed by atoms with Crippen molar-refractivity contribution >= 4 is 39.2 Å². The molecule has 44 heavy (non-hydrogen) atoms. The summed E-state index contributed by atoms with van der Waals surface area (Å²) in [6, 6.07) is 6.55. The third-order valence-corrected chi connectivity index (χ3v) is 10.2. The molecular weight excluding hydrogens is 544 g/mol. The lowest BCUT2D eigenvalue weighted by Crippen LogP contribution is -2.05. The molecule has 0 aliphatic carbocycles. The zero-order chi connectivity index (χ0) is 31.7. The summed E-state index contributed by atoms with van der Waals surface area (Å²) < 4.78 is 0. The minimum absolute atomic E-state index is 0.201. The first-order valence-electron chi connectivity index (χ1n) is 16.8. The van der Waals surface area contributed by atoms with E-state index in [2.05, 4.69) is 63.6 Å². The van der Waals surface area contributed by atoms with Crippen LogP contribution in [0.25, 0.3) is 33.2 Å². The van der Waals surface area contributed by atoms with Crippen LogP contribution in [0.5, 0.6) is 0 Å². The number of aromatic amines is 2. The highest BCUT2D eigenvalue weighted by Gasteiger charge is 2.32. The molecule has 0 aromatic carbocycles. The van der Waals surface area contributed by atoms with Crippen molar-refractivity contribution in [3.8, 4) is 0 Å². The predicted molar refractivity (Wildman–Crippen MR) is 183 cm³/mol. The lowest BCUT2D eigenvalue weighted by atomic mass is 9.87. The fraction of sp³-hybridized carbons (Fsp3) is 0.500. The standard InChI is InChI=1S/C38H50N4O2/c1-9-12-13-14-15-16-17-28-23(6)29-18-31-22(5)27(11-3)36(41-31)25(8)37-35(38(43)44)24(7)32(42-37)20-33-26(10-2)21(4)30(39-33)19-34(28)40-29/h18-20,22,27,39-40H,9-17H2,1-8H3,(H,43,44)/t22-,27-/m0/s1. The highest BCUT2D eigenvalue weighted by Crippen LogP contribution is 2.42. The van der Waals surface area contributed by atoms with Crippen LogP contribution in [-0.2, 0) is 17.6 Å². The lowest BCUT2D eigenvalue weighted by molar-refractivity contribution is -0.130. The number of rotatable bonds is 10. The summed E-state index contributed by atoms with van der Waals surface area (Å²) in [7, 11) is 0. The number of aryl methyl sites for hydroxylation is 4.